The maximum atomic E-state index is 3.59. The highest BCUT2D eigenvalue weighted by atomic mass is 79.9. The average molecular weight is 430 g/mol. The first kappa shape index (κ1) is 16.5. The highest BCUT2D eigenvalue weighted by Gasteiger charge is 2.14. The number of hydrogen-bond acceptors (Lipinski definition) is 2. The van der Waals surface area contributed by atoms with E-state index in [-0.39, 0.29) is 0 Å². The Morgan fingerprint density at radius 2 is 1.22 bits per heavy atom. The van der Waals surface area contributed by atoms with Crippen LogP contribution in [0.1, 0.15) is 0 Å². The predicted octanol–water partition coefficient (Wildman–Crippen LogP) is 8.29. The van der Waals surface area contributed by atoms with Crippen LogP contribution in [0.25, 0.3) is 20.2 Å². The van der Waals surface area contributed by atoms with Crippen molar-refractivity contribution in [1.82, 2.24) is 0 Å². The molecule has 0 radical (unpaired) electrons. The van der Waals surface area contributed by atoms with Crippen LogP contribution >= 0.6 is 27.3 Å². The normalized spacial score (nSPS) is 11.1. The summed E-state index contributed by atoms with van der Waals surface area (Å²) in [5.41, 5.74) is 3.48. The summed E-state index contributed by atoms with van der Waals surface area (Å²) >= 11 is 5.43. The summed E-state index contributed by atoms with van der Waals surface area (Å²) < 4.78 is 3.74. The third kappa shape index (κ3) is 3.03. The van der Waals surface area contributed by atoms with Gasteiger partial charge in [0.25, 0.3) is 0 Å². The fourth-order valence-electron chi connectivity index (χ4n) is 3.48. The largest absolute Gasteiger partial charge is 0.310 e. The fraction of sp³-hybridized carbons (Fsp3) is 0. The van der Waals surface area contributed by atoms with E-state index >= 15 is 0 Å². The minimum absolute atomic E-state index is 1.12. The Morgan fingerprint density at radius 1 is 0.556 bits per heavy atom. The molecule has 0 aliphatic heterocycles. The molecule has 0 amide bonds. The van der Waals surface area contributed by atoms with E-state index in [9.17, 15) is 0 Å². The molecule has 0 saturated heterocycles. The monoisotopic (exact) mass is 429 g/mol. The second kappa shape index (κ2) is 6.84. The van der Waals surface area contributed by atoms with Crippen molar-refractivity contribution >= 4 is 64.5 Å². The predicted molar refractivity (Wildman–Crippen MR) is 122 cm³/mol. The Balaban J connectivity index is 1.74. The van der Waals surface area contributed by atoms with Crippen LogP contribution in [0.4, 0.5) is 17.1 Å². The summed E-state index contributed by atoms with van der Waals surface area (Å²) in [5, 5.41) is 2.61. The lowest BCUT2D eigenvalue weighted by atomic mass is 10.1. The molecular weight excluding hydrogens is 414 g/mol. The minimum Gasteiger partial charge on any atom is -0.310 e. The molecule has 1 heterocycles. The molecular formula is C24H16BrNS. The Hall–Kier alpha value is -2.62. The van der Waals surface area contributed by atoms with E-state index in [2.05, 4.69) is 118 Å². The smallest absolute Gasteiger partial charge is 0.0468 e. The summed E-state index contributed by atoms with van der Waals surface area (Å²) in [4.78, 5) is 2.31. The number of hydrogen-bond donors (Lipinski definition) is 0. The topological polar surface area (TPSA) is 3.24 Å². The van der Waals surface area contributed by atoms with Crippen LogP contribution in [0.5, 0.6) is 0 Å². The van der Waals surface area contributed by atoms with Crippen LogP contribution in [-0.4, -0.2) is 0 Å². The summed E-state index contributed by atoms with van der Waals surface area (Å²) in [7, 11) is 0. The second-order valence-electron chi connectivity index (χ2n) is 6.43. The summed E-state index contributed by atoms with van der Waals surface area (Å²) in [6.07, 6.45) is 0. The number of thiophene rings is 1. The van der Waals surface area contributed by atoms with Crippen molar-refractivity contribution < 1.29 is 0 Å². The minimum atomic E-state index is 1.12. The Kier molecular flexibility index (Phi) is 4.19. The maximum Gasteiger partial charge on any atom is 0.0468 e. The molecule has 0 spiro atoms. The molecule has 0 N–H and O–H groups in total. The van der Waals surface area contributed by atoms with E-state index in [1.165, 1.54) is 25.9 Å². The van der Waals surface area contributed by atoms with E-state index in [4.69, 9.17) is 0 Å². The van der Waals surface area contributed by atoms with Crippen molar-refractivity contribution in [1.29, 1.82) is 0 Å². The van der Waals surface area contributed by atoms with E-state index in [0.717, 1.165) is 15.8 Å². The third-order valence-electron chi connectivity index (χ3n) is 4.70. The number of benzene rings is 4. The fourth-order valence-corrected chi connectivity index (χ4v) is 5.12. The van der Waals surface area contributed by atoms with Crippen LogP contribution in [-0.2, 0) is 0 Å². The van der Waals surface area contributed by atoms with Crippen LogP contribution in [0.2, 0.25) is 0 Å². The lowest BCUT2D eigenvalue weighted by Gasteiger charge is -2.25. The molecule has 0 unspecified atom stereocenters. The summed E-state index contributed by atoms with van der Waals surface area (Å²) in [6, 6.07) is 34.3. The van der Waals surface area contributed by atoms with Crippen molar-refractivity contribution in [2.45, 2.75) is 0 Å². The molecule has 5 rings (SSSR count). The van der Waals surface area contributed by atoms with Gasteiger partial charge in [-0.2, -0.15) is 0 Å². The van der Waals surface area contributed by atoms with E-state index < -0.39 is 0 Å². The van der Waals surface area contributed by atoms with E-state index in [1.807, 2.05) is 11.3 Å². The van der Waals surface area contributed by atoms with Crippen LogP contribution in [0.3, 0.4) is 0 Å². The Labute approximate surface area is 170 Å². The molecule has 0 bridgehead atoms. The second-order valence-corrected chi connectivity index (χ2v) is 8.43. The van der Waals surface area contributed by atoms with Gasteiger partial charge in [0.05, 0.1) is 0 Å². The van der Waals surface area contributed by atoms with Crippen molar-refractivity contribution in [2.75, 3.05) is 4.90 Å². The quantitative estimate of drug-likeness (QED) is 0.278. The van der Waals surface area contributed by atoms with Gasteiger partial charge in [0.15, 0.2) is 0 Å². The Morgan fingerprint density at radius 3 is 1.89 bits per heavy atom. The molecule has 4 aromatic carbocycles. The Bertz CT molecular complexity index is 1190. The first-order valence-electron chi connectivity index (χ1n) is 8.82. The molecule has 0 aliphatic rings. The summed E-state index contributed by atoms with van der Waals surface area (Å²) in [6.45, 7) is 0. The van der Waals surface area contributed by atoms with Gasteiger partial charge in [0.2, 0.25) is 0 Å². The highest BCUT2D eigenvalue weighted by molar-refractivity contribution is 9.10. The number of nitrogens with zero attached hydrogens (tertiary/aromatic N) is 1. The zero-order valence-electron chi connectivity index (χ0n) is 14.5. The van der Waals surface area contributed by atoms with Gasteiger partial charge < -0.3 is 4.90 Å². The SMILES string of the molecule is Brc1ccc2c(c1)sc1ccc(N(c3ccccc3)c3ccccc3)cc12. The number of para-hydroxylation sites is 2. The molecule has 27 heavy (non-hydrogen) atoms. The number of fused-ring (bicyclic) bond motifs is 3. The molecule has 1 aromatic heterocycles. The lowest BCUT2D eigenvalue weighted by Crippen LogP contribution is -2.09. The van der Waals surface area contributed by atoms with Gasteiger partial charge in [0, 0.05) is 41.7 Å². The first-order valence-corrected chi connectivity index (χ1v) is 10.4. The average Bonchev–Trinajstić information content (AvgIpc) is 3.07. The van der Waals surface area contributed by atoms with E-state index in [0.29, 0.717) is 0 Å². The van der Waals surface area contributed by atoms with Crippen molar-refractivity contribution in [3.63, 3.8) is 0 Å². The standard InChI is InChI=1S/C24H16BrNS/c25-17-11-13-21-22-16-20(12-14-23(22)27-24(21)15-17)26(18-7-3-1-4-8-18)19-9-5-2-6-10-19/h1-16H. The third-order valence-corrected chi connectivity index (χ3v) is 6.33. The molecule has 0 saturated carbocycles. The van der Waals surface area contributed by atoms with Gasteiger partial charge in [-0.3, -0.25) is 0 Å². The summed E-state index contributed by atoms with van der Waals surface area (Å²) in [5.74, 6) is 0. The lowest BCUT2D eigenvalue weighted by molar-refractivity contribution is 1.29. The first-order chi connectivity index (χ1) is 13.3. The molecule has 0 atom stereocenters. The van der Waals surface area contributed by atoms with Gasteiger partial charge in [0.1, 0.15) is 0 Å². The van der Waals surface area contributed by atoms with Gasteiger partial charge in [-0.15, -0.1) is 11.3 Å². The van der Waals surface area contributed by atoms with Gasteiger partial charge >= 0.3 is 0 Å². The highest BCUT2D eigenvalue weighted by Crippen LogP contribution is 2.40. The van der Waals surface area contributed by atoms with Gasteiger partial charge in [-0.05, 0) is 54.6 Å². The number of anilines is 3. The molecule has 1 nitrogen and oxygen atoms in total. The maximum absolute atomic E-state index is 3.59. The van der Waals surface area contributed by atoms with Crippen LogP contribution < -0.4 is 4.90 Å². The van der Waals surface area contributed by atoms with Gasteiger partial charge in [-0.1, -0.05) is 58.4 Å². The number of rotatable bonds is 3. The van der Waals surface area contributed by atoms with Crippen LogP contribution in [0, 0.1) is 0 Å². The zero-order valence-corrected chi connectivity index (χ0v) is 16.9. The molecule has 0 aliphatic carbocycles. The molecule has 0 fully saturated rings. The van der Waals surface area contributed by atoms with Crippen molar-refractivity contribution in [3.05, 3.63) is 102 Å². The van der Waals surface area contributed by atoms with Crippen molar-refractivity contribution in [3.8, 4) is 0 Å². The molecule has 5 aromatic rings. The van der Waals surface area contributed by atoms with E-state index in [1.54, 1.807) is 0 Å². The van der Waals surface area contributed by atoms with Crippen molar-refractivity contribution in [2.24, 2.45) is 0 Å². The van der Waals surface area contributed by atoms with Crippen LogP contribution in [0.15, 0.2) is 102 Å². The molecule has 3 heteroatoms. The number of halogens is 1. The zero-order chi connectivity index (χ0) is 18.2. The molecule has 130 valence electrons. The van der Waals surface area contributed by atoms with Gasteiger partial charge in [-0.25, -0.2) is 0 Å².